The van der Waals surface area contributed by atoms with Crippen LogP contribution in [0.25, 0.3) is 11.4 Å². The molecule has 1 aromatic carbocycles. The Balaban J connectivity index is 1.58. The fraction of sp³-hybridized carbons (Fsp3) is 0.500. The molecule has 2 aromatic rings. The molecule has 7 nitrogen and oxygen atoms in total. The average Bonchev–Trinajstić information content (AvgIpc) is 3.00. The zero-order valence-electron chi connectivity index (χ0n) is 14.9. The predicted molar refractivity (Wildman–Crippen MR) is 95.6 cm³/mol. The van der Waals surface area contributed by atoms with Crippen molar-refractivity contribution >= 4 is 11.6 Å². The van der Waals surface area contributed by atoms with E-state index >= 15 is 0 Å². The third-order valence-corrected chi connectivity index (χ3v) is 4.28. The molecule has 0 aliphatic heterocycles. The van der Waals surface area contributed by atoms with Crippen LogP contribution in [0.5, 0.6) is 0 Å². The number of amides is 1. The van der Waals surface area contributed by atoms with E-state index in [0.29, 0.717) is 11.7 Å². The zero-order chi connectivity index (χ0) is 17.9. The first kappa shape index (κ1) is 17.3. The van der Waals surface area contributed by atoms with Crippen molar-refractivity contribution in [3.8, 4) is 11.4 Å². The Hall–Kier alpha value is -2.57. The van der Waals surface area contributed by atoms with Crippen molar-refractivity contribution in [2.24, 2.45) is 16.4 Å². The van der Waals surface area contributed by atoms with Crippen LogP contribution in [0.4, 0.5) is 0 Å². The van der Waals surface area contributed by atoms with Gasteiger partial charge in [-0.1, -0.05) is 51.1 Å². The minimum atomic E-state index is -0.249. The number of rotatable bonds is 4. The zero-order valence-corrected chi connectivity index (χ0v) is 14.9. The van der Waals surface area contributed by atoms with Gasteiger partial charge in [-0.15, -0.1) is 10.2 Å². The largest absolute Gasteiger partial charge is 0.271 e. The Labute approximate surface area is 147 Å². The Morgan fingerprint density at radius 2 is 2.12 bits per heavy atom. The number of benzene rings is 1. The number of hydrogen-bond acceptors (Lipinski definition) is 5. The van der Waals surface area contributed by atoms with Crippen LogP contribution in [0.15, 0.2) is 35.4 Å². The molecular weight excluding hydrogens is 316 g/mol. The van der Waals surface area contributed by atoms with E-state index in [-0.39, 0.29) is 17.9 Å². The molecule has 1 aliphatic carbocycles. The van der Waals surface area contributed by atoms with Crippen molar-refractivity contribution in [3.05, 3.63) is 30.3 Å². The van der Waals surface area contributed by atoms with Crippen molar-refractivity contribution < 1.29 is 4.79 Å². The van der Waals surface area contributed by atoms with Gasteiger partial charge in [-0.05, 0) is 35.8 Å². The summed E-state index contributed by atoms with van der Waals surface area (Å²) in [5.74, 6) is 0.841. The second kappa shape index (κ2) is 7.13. The smallest absolute Gasteiger partial charge is 0.263 e. The minimum absolute atomic E-state index is 0.00440. The third-order valence-electron chi connectivity index (χ3n) is 4.28. The van der Waals surface area contributed by atoms with E-state index < -0.39 is 0 Å². The fourth-order valence-electron chi connectivity index (χ4n) is 3.52. The standard InChI is InChI=1S/C18H24N6O/c1-13-9-15(11-18(2,3)10-13)19-20-16(25)12-24-22-17(21-23-24)14-7-5-4-6-8-14/h4-8,13H,9-12H2,1-3H3,(H,20,25)/b19-15-. The molecule has 1 fully saturated rings. The lowest BCUT2D eigenvalue weighted by Gasteiger charge is -2.34. The summed E-state index contributed by atoms with van der Waals surface area (Å²) in [6.07, 6.45) is 3.03. The van der Waals surface area contributed by atoms with E-state index in [0.717, 1.165) is 24.1 Å². The van der Waals surface area contributed by atoms with Crippen LogP contribution >= 0.6 is 0 Å². The summed E-state index contributed by atoms with van der Waals surface area (Å²) in [6.45, 7) is 6.70. The van der Waals surface area contributed by atoms with Crippen molar-refractivity contribution in [2.45, 2.75) is 46.6 Å². The molecule has 0 saturated heterocycles. The van der Waals surface area contributed by atoms with E-state index in [4.69, 9.17) is 0 Å². The van der Waals surface area contributed by atoms with Gasteiger partial charge in [-0.2, -0.15) is 9.90 Å². The van der Waals surface area contributed by atoms with Crippen LogP contribution in [0.3, 0.4) is 0 Å². The normalized spacial score (nSPS) is 21.2. The van der Waals surface area contributed by atoms with Crippen LogP contribution in [0, 0.1) is 11.3 Å². The Morgan fingerprint density at radius 3 is 2.84 bits per heavy atom. The summed E-state index contributed by atoms with van der Waals surface area (Å²) in [4.78, 5) is 13.4. The summed E-state index contributed by atoms with van der Waals surface area (Å²) in [7, 11) is 0. The number of carbonyl (C=O) groups is 1. The molecule has 132 valence electrons. The summed E-state index contributed by atoms with van der Waals surface area (Å²) in [6, 6.07) is 9.55. The van der Waals surface area contributed by atoms with E-state index in [1.54, 1.807) is 0 Å². The van der Waals surface area contributed by atoms with E-state index in [1.165, 1.54) is 11.2 Å². The number of carbonyl (C=O) groups excluding carboxylic acids is 1. The van der Waals surface area contributed by atoms with Gasteiger partial charge >= 0.3 is 0 Å². The van der Waals surface area contributed by atoms with Gasteiger partial charge in [0.05, 0.1) is 0 Å². The highest BCUT2D eigenvalue weighted by atomic mass is 16.2. The van der Waals surface area contributed by atoms with Crippen LogP contribution in [0.2, 0.25) is 0 Å². The summed E-state index contributed by atoms with van der Waals surface area (Å²) in [5, 5.41) is 16.5. The molecule has 1 N–H and O–H groups in total. The monoisotopic (exact) mass is 340 g/mol. The lowest BCUT2D eigenvalue weighted by atomic mass is 9.72. The molecule has 25 heavy (non-hydrogen) atoms. The van der Waals surface area contributed by atoms with Gasteiger partial charge in [0.25, 0.3) is 5.91 Å². The molecule has 1 unspecified atom stereocenters. The van der Waals surface area contributed by atoms with Gasteiger partial charge in [-0.25, -0.2) is 5.43 Å². The number of tetrazole rings is 1. The maximum atomic E-state index is 12.1. The van der Waals surface area contributed by atoms with Crippen LogP contribution in [0.1, 0.15) is 40.0 Å². The topological polar surface area (TPSA) is 85.1 Å². The molecule has 7 heteroatoms. The third kappa shape index (κ3) is 4.71. The number of nitrogens with zero attached hydrogens (tertiary/aromatic N) is 5. The molecule has 1 aromatic heterocycles. The fourth-order valence-corrected chi connectivity index (χ4v) is 3.52. The van der Waals surface area contributed by atoms with Crippen molar-refractivity contribution in [3.63, 3.8) is 0 Å². The molecule has 1 atom stereocenters. The maximum absolute atomic E-state index is 12.1. The first-order valence-electron chi connectivity index (χ1n) is 8.59. The van der Waals surface area contributed by atoms with E-state index in [9.17, 15) is 4.79 Å². The minimum Gasteiger partial charge on any atom is -0.271 e. The number of nitrogens with one attached hydrogen (secondary N) is 1. The highest BCUT2D eigenvalue weighted by Gasteiger charge is 2.29. The van der Waals surface area contributed by atoms with Gasteiger partial charge in [0.15, 0.2) is 0 Å². The van der Waals surface area contributed by atoms with Gasteiger partial charge in [0.1, 0.15) is 6.54 Å². The SMILES string of the molecule is CC1C/C(=N/NC(=O)Cn2nnc(-c3ccccc3)n2)CC(C)(C)C1. The van der Waals surface area contributed by atoms with Crippen LogP contribution < -0.4 is 5.43 Å². The van der Waals surface area contributed by atoms with Crippen molar-refractivity contribution in [2.75, 3.05) is 0 Å². The molecule has 1 aliphatic rings. The Kier molecular flexibility index (Phi) is 4.92. The van der Waals surface area contributed by atoms with Gasteiger partial charge in [0, 0.05) is 11.3 Å². The van der Waals surface area contributed by atoms with Crippen molar-refractivity contribution in [1.29, 1.82) is 0 Å². The predicted octanol–water partition coefficient (Wildman–Crippen LogP) is 2.66. The molecule has 0 spiro atoms. The molecule has 1 heterocycles. The van der Waals surface area contributed by atoms with Gasteiger partial charge in [-0.3, -0.25) is 4.79 Å². The van der Waals surface area contributed by atoms with Gasteiger partial charge in [0.2, 0.25) is 5.82 Å². The number of hydrazone groups is 1. The lowest BCUT2D eigenvalue weighted by Crippen LogP contribution is -2.31. The first-order chi connectivity index (χ1) is 11.9. The molecular formula is C18H24N6O. The molecule has 0 radical (unpaired) electrons. The quantitative estimate of drug-likeness (QED) is 0.867. The van der Waals surface area contributed by atoms with Crippen molar-refractivity contribution in [1.82, 2.24) is 25.6 Å². The molecule has 3 rings (SSSR count). The molecule has 1 saturated carbocycles. The number of hydrogen-bond donors (Lipinski definition) is 1. The highest BCUT2D eigenvalue weighted by molar-refractivity contribution is 5.87. The Bertz CT molecular complexity index is 765. The lowest BCUT2D eigenvalue weighted by molar-refractivity contribution is -0.122. The van der Waals surface area contributed by atoms with Gasteiger partial charge < -0.3 is 0 Å². The average molecular weight is 340 g/mol. The Morgan fingerprint density at radius 1 is 1.36 bits per heavy atom. The van der Waals surface area contributed by atoms with E-state index in [1.807, 2.05) is 30.3 Å². The van der Waals surface area contributed by atoms with Crippen LogP contribution in [-0.2, 0) is 11.3 Å². The molecule has 1 amide bonds. The molecule has 0 bridgehead atoms. The number of aromatic nitrogens is 4. The summed E-state index contributed by atoms with van der Waals surface area (Å²) < 4.78 is 0. The van der Waals surface area contributed by atoms with Crippen LogP contribution in [-0.4, -0.2) is 31.8 Å². The second-order valence-corrected chi connectivity index (χ2v) is 7.58. The second-order valence-electron chi connectivity index (χ2n) is 7.58. The van der Waals surface area contributed by atoms with E-state index in [2.05, 4.69) is 46.7 Å². The summed E-state index contributed by atoms with van der Waals surface area (Å²) in [5.41, 5.74) is 4.78. The maximum Gasteiger partial charge on any atom is 0.263 e. The summed E-state index contributed by atoms with van der Waals surface area (Å²) >= 11 is 0. The highest BCUT2D eigenvalue weighted by Crippen LogP contribution is 2.36. The first-order valence-corrected chi connectivity index (χ1v) is 8.59.